The second-order valence-corrected chi connectivity index (χ2v) is 5.19. The normalized spacial score (nSPS) is 11.4. The van der Waals surface area contributed by atoms with E-state index in [-0.39, 0.29) is 42.4 Å². The van der Waals surface area contributed by atoms with Crippen molar-refractivity contribution in [2.75, 3.05) is 26.7 Å². The molecule has 6 nitrogen and oxygen atoms in total. The topological polar surface area (TPSA) is 88.6 Å². The molecule has 0 radical (unpaired) electrons. The smallest absolute Gasteiger partial charge is 0.289 e. The van der Waals surface area contributed by atoms with Crippen LogP contribution in [0, 0.1) is 5.92 Å². The molecule has 0 spiro atoms. The van der Waals surface area contributed by atoms with Gasteiger partial charge in [0.25, 0.3) is 5.91 Å². The highest BCUT2D eigenvalue weighted by molar-refractivity contribution is 9.10. The molecule has 1 heterocycles. The third-order valence-electron chi connectivity index (χ3n) is 2.56. The lowest BCUT2D eigenvalue weighted by molar-refractivity contribution is -0.121. The molecule has 3 N–H and O–H groups in total. The maximum Gasteiger partial charge on any atom is 0.289 e. The largest absolute Gasteiger partial charge is 0.444 e. The monoisotopic (exact) mass is 367 g/mol. The lowest BCUT2D eigenvalue weighted by atomic mass is 10.2. The predicted molar refractivity (Wildman–Crippen MR) is 81.8 cm³/mol. The molecular weight excluding hydrogens is 350 g/mol. The van der Waals surface area contributed by atoms with Gasteiger partial charge in [0.15, 0.2) is 10.4 Å². The fourth-order valence-corrected chi connectivity index (χ4v) is 1.64. The van der Waals surface area contributed by atoms with Crippen LogP contribution in [0.25, 0.3) is 0 Å². The number of furan rings is 1. The molecule has 0 fully saturated rings. The number of carbonyl (C=O) groups excluding carboxylic acids is 2. The second-order valence-electron chi connectivity index (χ2n) is 4.41. The van der Waals surface area contributed by atoms with E-state index in [4.69, 9.17) is 10.2 Å². The number of carbonyl (C=O) groups is 2. The molecule has 1 rings (SSSR count). The third-order valence-corrected chi connectivity index (χ3v) is 2.99. The lowest BCUT2D eigenvalue weighted by Gasteiger charge is -2.16. The molecule has 20 heavy (non-hydrogen) atoms. The quantitative estimate of drug-likeness (QED) is 0.791. The average molecular weight is 369 g/mol. The molecule has 0 aromatic carbocycles. The molecule has 0 saturated carbocycles. The minimum absolute atomic E-state index is 0. The Morgan fingerprint density at radius 3 is 2.65 bits per heavy atom. The minimum atomic E-state index is -0.340. The van der Waals surface area contributed by atoms with Crippen molar-refractivity contribution in [1.29, 1.82) is 0 Å². The molecule has 0 bridgehead atoms. The Labute approximate surface area is 132 Å². The van der Waals surface area contributed by atoms with Gasteiger partial charge < -0.3 is 20.4 Å². The Morgan fingerprint density at radius 1 is 1.50 bits per heavy atom. The van der Waals surface area contributed by atoms with E-state index in [1.54, 1.807) is 19.2 Å². The molecule has 1 unspecified atom stereocenters. The molecule has 0 aliphatic rings. The molecule has 2 amide bonds. The van der Waals surface area contributed by atoms with Gasteiger partial charge in [0.1, 0.15) is 0 Å². The highest BCUT2D eigenvalue weighted by Gasteiger charge is 2.18. The number of hydrogen-bond donors (Lipinski definition) is 2. The molecular formula is C12H19BrClN3O3. The average Bonchev–Trinajstić information content (AvgIpc) is 2.81. The highest BCUT2D eigenvalue weighted by atomic mass is 79.9. The first-order chi connectivity index (χ1) is 8.93. The van der Waals surface area contributed by atoms with Gasteiger partial charge in [-0.2, -0.15) is 0 Å². The van der Waals surface area contributed by atoms with Crippen LogP contribution in [-0.4, -0.2) is 43.4 Å². The zero-order chi connectivity index (χ0) is 14.4. The number of amides is 2. The highest BCUT2D eigenvalue weighted by Crippen LogP contribution is 2.15. The zero-order valence-corrected chi connectivity index (χ0v) is 13.8. The van der Waals surface area contributed by atoms with E-state index in [9.17, 15) is 9.59 Å². The van der Waals surface area contributed by atoms with Crippen molar-refractivity contribution in [3.63, 3.8) is 0 Å². The van der Waals surface area contributed by atoms with Crippen molar-refractivity contribution in [3.8, 4) is 0 Å². The first-order valence-corrected chi connectivity index (χ1v) is 6.71. The summed E-state index contributed by atoms with van der Waals surface area (Å²) in [5.74, 6) is -0.155. The molecule has 1 atom stereocenters. The Balaban J connectivity index is 0.00000361. The van der Waals surface area contributed by atoms with Crippen molar-refractivity contribution >= 4 is 40.2 Å². The van der Waals surface area contributed by atoms with Gasteiger partial charge in [0.2, 0.25) is 5.91 Å². The van der Waals surface area contributed by atoms with Crippen LogP contribution >= 0.6 is 28.3 Å². The van der Waals surface area contributed by atoms with Crippen LogP contribution in [0.5, 0.6) is 0 Å². The summed E-state index contributed by atoms with van der Waals surface area (Å²) in [6.07, 6.45) is 0. The summed E-state index contributed by atoms with van der Waals surface area (Å²) in [4.78, 5) is 24.8. The van der Waals surface area contributed by atoms with Gasteiger partial charge in [0, 0.05) is 13.6 Å². The Morgan fingerprint density at radius 2 is 2.15 bits per heavy atom. The van der Waals surface area contributed by atoms with E-state index < -0.39 is 0 Å². The van der Waals surface area contributed by atoms with Gasteiger partial charge in [-0.05, 0) is 40.5 Å². The summed E-state index contributed by atoms with van der Waals surface area (Å²) in [5.41, 5.74) is 5.45. The third kappa shape index (κ3) is 5.94. The molecule has 114 valence electrons. The van der Waals surface area contributed by atoms with Gasteiger partial charge in [-0.15, -0.1) is 12.4 Å². The summed E-state index contributed by atoms with van der Waals surface area (Å²) < 4.78 is 5.62. The van der Waals surface area contributed by atoms with Crippen LogP contribution < -0.4 is 11.1 Å². The summed E-state index contributed by atoms with van der Waals surface area (Å²) in [6, 6.07) is 3.18. The summed E-state index contributed by atoms with van der Waals surface area (Å²) in [7, 11) is 1.55. The minimum Gasteiger partial charge on any atom is -0.444 e. The van der Waals surface area contributed by atoms with Gasteiger partial charge >= 0.3 is 0 Å². The van der Waals surface area contributed by atoms with E-state index in [2.05, 4.69) is 21.2 Å². The Kier molecular flexibility index (Phi) is 8.52. The summed E-state index contributed by atoms with van der Waals surface area (Å²) in [6.45, 7) is 2.93. The first-order valence-electron chi connectivity index (χ1n) is 5.91. The van der Waals surface area contributed by atoms with E-state index >= 15 is 0 Å². The molecule has 0 aliphatic carbocycles. The molecule has 1 aromatic rings. The van der Waals surface area contributed by atoms with Crippen LogP contribution in [0.2, 0.25) is 0 Å². The number of hydrogen-bond acceptors (Lipinski definition) is 4. The SMILES string of the molecule is CC(CN)CNC(=O)CN(C)C(=O)c1ccc(Br)o1.Cl. The van der Waals surface area contributed by atoms with E-state index in [0.717, 1.165) is 0 Å². The Hall–Kier alpha value is -1.05. The maximum absolute atomic E-state index is 11.9. The molecule has 8 heteroatoms. The summed E-state index contributed by atoms with van der Waals surface area (Å²) in [5, 5.41) is 2.72. The van der Waals surface area contributed by atoms with Crippen LogP contribution in [0.1, 0.15) is 17.5 Å². The number of nitrogens with two attached hydrogens (primary N) is 1. The maximum atomic E-state index is 11.9. The first kappa shape index (κ1) is 18.9. The Bertz CT molecular complexity index is 453. The number of nitrogens with one attached hydrogen (secondary N) is 1. The number of halogens is 2. The van der Waals surface area contributed by atoms with Crippen LogP contribution in [-0.2, 0) is 4.79 Å². The molecule has 0 saturated heterocycles. The molecule has 1 aromatic heterocycles. The van der Waals surface area contributed by atoms with Gasteiger partial charge in [-0.1, -0.05) is 6.92 Å². The fourth-order valence-electron chi connectivity index (χ4n) is 1.33. The fraction of sp³-hybridized carbons (Fsp3) is 0.500. The van der Waals surface area contributed by atoms with Crippen LogP contribution in [0.15, 0.2) is 21.2 Å². The number of nitrogens with zero attached hydrogens (tertiary/aromatic N) is 1. The van der Waals surface area contributed by atoms with Gasteiger partial charge in [-0.3, -0.25) is 9.59 Å². The predicted octanol–water partition coefficient (Wildman–Crippen LogP) is 1.25. The second kappa shape index (κ2) is 8.99. The summed E-state index contributed by atoms with van der Waals surface area (Å²) >= 11 is 3.12. The zero-order valence-electron chi connectivity index (χ0n) is 11.4. The van der Waals surface area contributed by atoms with Crippen molar-refractivity contribution < 1.29 is 14.0 Å². The van der Waals surface area contributed by atoms with Gasteiger partial charge in [-0.25, -0.2) is 0 Å². The van der Waals surface area contributed by atoms with Gasteiger partial charge in [0.05, 0.1) is 6.54 Å². The number of rotatable bonds is 6. The number of likely N-dealkylation sites (N-methyl/N-ethyl adjacent to an activating group) is 1. The molecule has 0 aliphatic heterocycles. The van der Waals surface area contributed by atoms with E-state index in [1.165, 1.54) is 4.90 Å². The standard InChI is InChI=1S/C12H18BrN3O3.ClH/c1-8(5-14)6-15-11(17)7-16(2)12(18)9-3-4-10(13)19-9;/h3-4,8H,5-7,14H2,1-2H3,(H,15,17);1H. The van der Waals surface area contributed by atoms with Crippen LogP contribution in [0.3, 0.4) is 0 Å². The van der Waals surface area contributed by atoms with Crippen LogP contribution in [0.4, 0.5) is 0 Å². The van der Waals surface area contributed by atoms with Crippen molar-refractivity contribution in [1.82, 2.24) is 10.2 Å². The van der Waals surface area contributed by atoms with E-state index in [1.807, 2.05) is 6.92 Å². The van der Waals surface area contributed by atoms with Crippen molar-refractivity contribution in [3.05, 3.63) is 22.6 Å². The van der Waals surface area contributed by atoms with Crippen molar-refractivity contribution in [2.24, 2.45) is 11.7 Å². The lowest BCUT2D eigenvalue weighted by Crippen LogP contribution is -2.40. The van der Waals surface area contributed by atoms with Crippen molar-refractivity contribution in [2.45, 2.75) is 6.92 Å². The van der Waals surface area contributed by atoms with E-state index in [0.29, 0.717) is 17.8 Å².